The molecule has 1 aromatic rings. The molecule has 0 aromatic carbocycles. The summed E-state index contributed by atoms with van der Waals surface area (Å²) in [7, 11) is 1.31. The second-order valence-corrected chi connectivity index (χ2v) is 3.95. The standard InChI is InChI=1S/C9H11F3O3S/c1-5(13)6-3-16-8(9(10,11)12)7(6)15-4-14-2/h3,5,13H,4H2,1-2H3. The highest BCUT2D eigenvalue weighted by Crippen LogP contribution is 2.44. The van der Waals surface area contributed by atoms with E-state index in [1.165, 1.54) is 19.4 Å². The Kier molecular flexibility index (Phi) is 4.17. The third-order valence-electron chi connectivity index (χ3n) is 1.80. The van der Waals surface area contributed by atoms with Crippen molar-refractivity contribution in [2.45, 2.75) is 19.2 Å². The van der Waals surface area contributed by atoms with Crippen LogP contribution in [-0.2, 0) is 10.9 Å². The van der Waals surface area contributed by atoms with Gasteiger partial charge in [0.2, 0.25) is 0 Å². The first-order valence-electron chi connectivity index (χ1n) is 4.36. The van der Waals surface area contributed by atoms with Gasteiger partial charge in [-0.3, -0.25) is 0 Å². The first kappa shape index (κ1) is 13.3. The van der Waals surface area contributed by atoms with Gasteiger partial charge < -0.3 is 14.6 Å². The summed E-state index contributed by atoms with van der Waals surface area (Å²) in [6.07, 6.45) is -5.50. The number of aliphatic hydroxyl groups excluding tert-OH is 1. The first-order valence-corrected chi connectivity index (χ1v) is 5.24. The number of ether oxygens (including phenoxy) is 2. The summed E-state index contributed by atoms with van der Waals surface area (Å²) in [5.74, 6) is -0.352. The van der Waals surface area contributed by atoms with Crippen LogP contribution in [0, 0.1) is 0 Å². The monoisotopic (exact) mass is 256 g/mol. The molecule has 0 aliphatic carbocycles. The van der Waals surface area contributed by atoms with E-state index < -0.39 is 17.2 Å². The molecule has 92 valence electrons. The van der Waals surface area contributed by atoms with E-state index in [1.807, 2.05) is 0 Å². The lowest BCUT2D eigenvalue weighted by Gasteiger charge is -2.12. The van der Waals surface area contributed by atoms with Crippen molar-refractivity contribution in [2.75, 3.05) is 13.9 Å². The van der Waals surface area contributed by atoms with Crippen molar-refractivity contribution < 1.29 is 27.8 Å². The zero-order valence-corrected chi connectivity index (χ0v) is 9.48. The maximum atomic E-state index is 12.6. The Hall–Kier alpha value is -0.790. The van der Waals surface area contributed by atoms with E-state index in [2.05, 4.69) is 4.74 Å². The van der Waals surface area contributed by atoms with Gasteiger partial charge in [0.1, 0.15) is 0 Å². The van der Waals surface area contributed by atoms with Gasteiger partial charge in [0, 0.05) is 18.1 Å². The van der Waals surface area contributed by atoms with Crippen LogP contribution in [0.25, 0.3) is 0 Å². The second-order valence-electron chi connectivity index (χ2n) is 3.07. The van der Waals surface area contributed by atoms with Crippen molar-refractivity contribution in [3.63, 3.8) is 0 Å². The normalized spacial score (nSPS) is 13.9. The zero-order valence-electron chi connectivity index (χ0n) is 8.67. The maximum Gasteiger partial charge on any atom is 0.429 e. The molecule has 0 fully saturated rings. The van der Waals surface area contributed by atoms with Gasteiger partial charge in [0.15, 0.2) is 17.4 Å². The van der Waals surface area contributed by atoms with Gasteiger partial charge in [-0.05, 0) is 6.92 Å². The van der Waals surface area contributed by atoms with Crippen LogP contribution < -0.4 is 4.74 Å². The molecule has 0 radical (unpaired) electrons. The number of halogens is 3. The molecule has 0 saturated heterocycles. The Morgan fingerprint density at radius 3 is 2.56 bits per heavy atom. The largest absolute Gasteiger partial charge is 0.466 e. The molecular weight excluding hydrogens is 245 g/mol. The lowest BCUT2D eigenvalue weighted by molar-refractivity contribution is -0.136. The van der Waals surface area contributed by atoms with E-state index >= 15 is 0 Å². The Labute approximate surface area is 94.4 Å². The number of hydrogen-bond acceptors (Lipinski definition) is 4. The Bertz CT molecular complexity index is 346. The summed E-state index contributed by atoms with van der Waals surface area (Å²) in [6, 6.07) is 0. The molecule has 1 N–H and O–H groups in total. The van der Waals surface area contributed by atoms with Gasteiger partial charge in [-0.2, -0.15) is 13.2 Å². The molecule has 1 unspecified atom stereocenters. The van der Waals surface area contributed by atoms with E-state index in [-0.39, 0.29) is 18.1 Å². The van der Waals surface area contributed by atoms with Gasteiger partial charge in [-0.1, -0.05) is 0 Å². The molecule has 0 aliphatic heterocycles. The van der Waals surface area contributed by atoms with Crippen LogP contribution in [0.4, 0.5) is 13.2 Å². The predicted molar refractivity (Wildman–Crippen MR) is 52.5 cm³/mol. The van der Waals surface area contributed by atoms with E-state index in [0.717, 1.165) is 0 Å². The summed E-state index contributed by atoms with van der Waals surface area (Å²) >= 11 is 0.496. The van der Waals surface area contributed by atoms with Crippen LogP contribution in [0.15, 0.2) is 5.38 Å². The van der Waals surface area contributed by atoms with Crippen molar-refractivity contribution in [1.82, 2.24) is 0 Å². The highest BCUT2D eigenvalue weighted by atomic mass is 32.1. The molecule has 1 atom stereocenters. The fourth-order valence-corrected chi connectivity index (χ4v) is 2.08. The summed E-state index contributed by atoms with van der Waals surface area (Å²) in [4.78, 5) is -0.861. The number of alkyl halides is 3. The van der Waals surface area contributed by atoms with Crippen LogP contribution >= 0.6 is 11.3 Å². The highest BCUT2D eigenvalue weighted by Gasteiger charge is 2.38. The van der Waals surface area contributed by atoms with Crippen LogP contribution in [0.2, 0.25) is 0 Å². The quantitative estimate of drug-likeness (QED) is 0.842. The second kappa shape index (κ2) is 5.03. The maximum absolute atomic E-state index is 12.6. The molecule has 7 heteroatoms. The van der Waals surface area contributed by atoms with Crippen LogP contribution in [-0.4, -0.2) is 19.0 Å². The van der Waals surface area contributed by atoms with Gasteiger partial charge in [-0.25, -0.2) is 0 Å². The summed E-state index contributed by atoms with van der Waals surface area (Å²) < 4.78 is 47.1. The van der Waals surface area contributed by atoms with Crippen LogP contribution in [0.1, 0.15) is 23.5 Å². The van der Waals surface area contributed by atoms with E-state index in [9.17, 15) is 18.3 Å². The SMILES string of the molecule is COCOc1c(C(C)O)csc1C(F)(F)F. The fourth-order valence-electron chi connectivity index (χ4n) is 1.11. The molecule has 0 saturated carbocycles. The Balaban J connectivity index is 3.09. The molecule has 0 amide bonds. The average Bonchev–Trinajstić information content (AvgIpc) is 2.57. The van der Waals surface area contributed by atoms with Crippen molar-refractivity contribution in [2.24, 2.45) is 0 Å². The van der Waals surface area contributed by atoms with Crippen LogP contribution in [0.3, 0.4) is 0 Å². The van der Waals surface area contributed by atoms with Crippen LogP contribution in [0.5, 0.6) is 5.75 Å². The van der Waals surface area contributed by atoms with Crippen molar-refractivity contribution in [1.29, 1.82) is 0 Å². The molecule has 3 nitrogen and oxygen atoms in total. The predicted octanol–water partition coefficient (Wildman–Crippen LogP) is 2.80. The topological polar surface area (TPSA) is 38.7 Å². The number of hydrogen-bond donors (Lipinski definition) is 1. The molecule has 1 heterocycles. The third-order valence-corrected chi connectivity index (χ3v) is 2.83. The molecule has 0 aliphatic rings. The van der Waals surface area contributed by atoms with Crippen molar-refractivity contribution >= 4 is 11.3 Å². The third kappa shape index (κ3) is 2.87. The smallest absolute Gasteiger partial charge is 0.429 e. The van der Waals surface area contributed by atoms with Gasteiger partial charge in [0.05, 0.1) is 6.10 Å². The average molecular weight is 256 g/mol. The number of rotatable bonds is 4. The summed E-state index contributed by atoms with van der Waals surface area (Å²) in [5.41, 5.74) is 0.120. The van der Waals surface area contributed by atoms with Gasteiger partial charge in [0.25, 0.3) is 0 Å². The Morgan fingerprint density at radius 1 is 1.50 bits per heavy atom. The minimum atomic E-state index is -4.49. The summed E-state index contributed by atoms with van der Waals surface area (Å²) in [5, 5.41) is 10.5. The lowest BCUT2D eigenvalue weighted by atomic mass is 10.2. The van der Waals surface area contributed by atoms with E-state index in [4.69, 9.17) is 4.74 Å². The summed E-state index contributed by atoms with van der Waals surface area (Å²) in [6.45, 7) is 1.08. The molecular formula is C9H11F3O3S. The molecule has 0 spiro atoms. The van der Waals surface area contributed by atoms with Crippen molar-refractivity contribution in [3.05, 3.63) is 15.8 Å². The minimum absolute atomic E-state index is 0.120. The van der Waals surface area contributed by atoms with E-state index in [0.29, 0.717) is 11.3 Å². The fraction of sp³-hybridized carbons (Fsp3) is 0.556. The first-order chi connectivity index (χ1) is 7.38. The minimum Gasteiger partial charge on any atom is -0.466 e. The zero-order chi connectivity index (χ0) is 12.3. The lowest BCUT2D eigenvalue weighted by Crippen LogP contribution is -2.08. The van der Waals surface area contributed by atoms with Gasteiger partial charge >= 0.3 is 6.18 Å². The number of methoxy groups -OCH3 is 1. The Morgan fingerprint density at radius 2 is 2.12 bits per heavy atom. The number of aliphatic hydroxyl groups is 1. The molecule has 0 bridgehead atoms. The molecule has 1 aromatic heterocycles. The van der Waals surface area contributed by atoms with E-state index in [1.54, 1.807) is 0 Å². The van der Waals surface area contributed by atoms with Crippen molar-refractivity contribution in [3.8, 4) is 5.75 Å². The highest BCUT2D eigenvalue weighted by molar-refractivity contribution is 7.10. The number of thiophene rings is 1. The molecule has 16 heavy (non-hydrogen) atoms. The molecule has 1 rings (SSSR count). The van der Waals surface area contributed by atoms with Gasteiger partial charge in [-0.15, -0.1) is 11.3 Å².